The number of ether oxygens (including phenoxy) is 1. The molecule has 1 amide bonds. The number of hydrogen-bond acceptors (Lipinski definition) is 4. The third-order valence-corrected chi connectivity index (χ3v) is 5.09. The molecule has 8 heteroatoms. The maximum absolute atomic E-state index is 11.8. The SMILES string of the molecule is CCNC(=NCCN1CCCCCC1)NC1CCN(C(=O)OCC)CC1.I. The summed E-state index contributed by atoms with van der Waals surface area (Å²) in [6.07, 6.45) is 7.04. The first kappa shape index (κ1) is 24.3. The fourth-order valence-corrected chi connectivity index (χ4v) is 3.60. The Hall–Kier alpha value is -0.770. The highest BCUT2D eigenvalue weighted by Crippen LogP contribution is 2.12. The fourth-order valence-electron chi connectivity index (χ4n) is 3.60. The van der Waals surface area contributed by atoms with E-state index in [0.29, 0.717) is 12.6 Å². The van der Waals surface area contributed by atoms with Crippen LogP contribution in [-0.4, -0.2) is 80.3 Å². The van der Waals surface area contributed by atoms with Gasteiger partial charge in [-0.25, -0.2) is 4.79 Å². The molecule has 2 rings (SSSR count). The zero-order valence-electron chi connectivity index (χ0n) is 17.0. The number of rotatable bonds is 6. The van der Waals surface area contributed by atoms with Crippen molar-refractivity contribution in [1.82, 2.24) is 20.4 Å². The van der Waals surface area contributed by atoms with Crippen LogP contribution in [0.3, 0.4) is 0 Å². The Morgan fingerprint density at radius 3 is 2.33 bits per heavy atom. The minimum atomic E-state index is -0.191. The van der Waals surface area contributed by atoms with E-state index in [4.69, 9.17) is 9.73 Å². The van der Waals surface area contributed by atoms with Gasteiger partial charge in [-0.05, 0) is 52.6 Å². The van der Waals surface area contributed by atoms with Crippen LogP contribution in [0.5, 0.6) is 0 Å². The van der Waals surface area contributed by atoms with E-state index in [1.807, 2.05) is 6.92 Å². The minimum Gasteiger partial charge on any atom is -0.450 e. The number of likely N-dealkylation sites (tertiary alicyclic amines) is 2. The van der Waals surface area contributed by atoms with E-state index in [2.05, 4.69) is 22.5 Å². The molecule has 158 valence electrons. The molecule has 0 aromatic rings. The van der Waals surface area contributed by atoms with Gasteiger partial charge in [0.25, 0.3) is 0 Å². The molecule has 2 aliphatic heterocycles. The van der Waals surface area contributed by atoms with Crippen LogP contribution in [-0.2, 0) is 4.74 Å². The van der Waals surface area contributed by atoms with Crippen molar-refractivity contribution in [1.29, 1.82) is 0 Å². The molecule has 0 unspecified atom stereocenters. The number of halogens is 1. The van der Waals surface area contributed by atoms with Crippen LogP contribution < -0.4 is 10.6 Å². The third kappa shape index (κ3) is 9.32. The third-order valence-electron chi connectivity index (χ3n) is 5.09. The lowest BCUT2D eigenvalue weighted by Crippen LogP contribution is -2.50. The molecule has 0 aromatic heterocycles. The van der Waals surface area contributed by atoms with E-state index >= 15 is 0 Å². The molecular weight excluding hydrogens is 457 g/mol. The van der Waals surface area contributed by atoms with Crippen LogP contribution >= 0.6 is 24.0 Å². The van der Waals surface area contributed by atoms with Crippen LogP contribution in [0, 0.1) is 0 Å². The van der Waals surface area contributed by atoms with Crippen LogP contribution in [0.1, 0.15) is 52.4 Å². The van der Waals surface area contributed by atoms with Crippen molar-refractivity contribution in [3.05, 3.63) is 0 Å². The Labute approximate surface area is 181 Å². The highest BCUT2D eigenvalue weighted by molar-refractivity contribution is 14.0. The second kappa shape index (κ2) is 14.3. The monoisotopic (exact) mass is 495 g/mol. The van der Waals surface area contributed by atoms with Crippen LogP contribution in [0.25, 0.3) is 0 Å². The van der Waals surface area contributed by atoms with Gasteiger partial charge in [0.1, 0.15) is 0 Å². The molecular formula is C19H38IN5O2. The van der Waals surface area contributed by atoms with Crippen molar-refractivity contribution in [2.75, 3.05) is 52.4 Å². The first-order chi connectivity index (χ1) is 12.7. The summed E-state index contributed by atoms with van der Waals surface area (Å²) in [6.45, 7) is 11.0. The van der Waals surface area contributed by atoms with Crippen molar-refractivity contribution in [3.63, 3.8) is 0 Å². The van der Waals surface area contributed by atoms with Gasteiger partial charge < -0.3 is 25.2 Å². The number of nitrogens with zero attached hydrogens (tertiary/aromatic N) is 3. The summed E-state index contributed by atoms with van der Waals surface area (Å²) in [5.74, 6) is 0.900. The molecule has 0 atom stereocenters. The Morgan fingerprint density at radius 1 is 1.07 bits per heavy atom. The average Bonchev–Trinajstić information content (AvgIpc) is 2.91. The Balaban J connectivity index is 0.00000364. The summed E-state index contributed by atoms with van der Waals surface area (Å²) in [7, 11) is 0. The van der Waals surface area contributed by atoms with E-state index in [1.165, 1.54) is 38.8 Å². The van der Waals surface area contributed by atoms with Gasteiger partial charge in [-0.2, -0.15) is 0 Å². The Morgan fingerprint density at radius 2 is 1.74 bits per heavy atom. The van der Waals surface area contributed by atoms with Gasteiger partial charge in [0.05, 0.1) is 13.2 Å². The summed E-state index contributed by atoms with van der Waals surface area (Å²) >= 11 is 0. The molecule has 2 heterocycles. The van der Waals surface area contributed by atoms with Crippen molar-refractivity contribution in [2.24, 2.45) is 4.99 Å². The van der Waals surface area contributed by atoms with E-state index < -0.39 is 0 Å². The summed E-state index contributed by atoms with van der Waals surface area (Å²) in [5.41, 5.74) is 0. The van der Waals surface area contributed by atoms with Crippen LogP contribution in [0.4, 0.5) is 4.79 Å². The summed E-state index contributed by atoms with van der Waals surface area (Å²) in [6, 6.07) is 0.358. The normalized spacial score (nSPS) is 19.8. The maximum atomic E-state index is 11.8. The van der Waals surface area contributed by atoms with Crippen LogP contribution in [0.2, 0.25) is 0 Å². The van der Waals surface area contributed by atoms with Crippen molar-refractivity contribution < 1.29 is 9.53 Å². The second-order valence-corrected chi connectivity index (χ2v) is 7.12. The maximum Gasteiger partial charge on any atom is 0.409 e. The number of nitrogens with one attached hydrogen (secondary N) is 2. The summed E-state index contributed by atoms with van der Waals surface area (Å²) < 4.78 is 5.08. The zero-order valence-corrected chi connectivity index (χ0v) is 19.4. The first-order valence-electron chi connectivity index (χ1n) is 10.4. The molecule has 7 nitrogen and oxygen atoms in total. The van der Waals surface area contributed by atoms with Gasteiger partial charge >= 0.3 is 6.09 Å². The Kier molecular flexibility index (Phi) is 12.8. The molecule has 2 aliphatic rings. The fraction of sp³-hybridized carbons (Fsp3) is 0.895. The topological polar surface area (TPSA) is 69.2 Å². The largest absolute Gasteiger partial charge is 0.450 e. The van der Waals surface area contributed by atoms with Gasteiger partial charge in [0.2, 0.25) is 0 Å². The number of amides is 1. The lowest BCUT2D eigenvalue weighted by Gasteiger charge is -2.32. The molecule has 0 bridgehead atoms. The Bertz CT molecular complexity index is 434. The number of hydrogen-bond donors (Lipinski definition) is 2. The first-order valence-corrected chi connectivity index (χ1v) is 10.4. The van der Waals surface area contributed by atoms with Gasteiger partial charge in [0, 0.05) is 32.2 Å². The highest BCUT2D eigenvalue weighted by atomic mass is 127. The predicted octanol–water partition coefficient (Wildman–Crippen LogP) is 2.66. The zero-order chi connectivity index (χ0) is 18.6. The average molecular weight is 495 g/mol. The van der Waals surface area contributed by atoms with E-state index in [1.54, 1.807) is 4.90 Å². The minimum absolute atomic E-state index is 0. The van der Waals surface area contributed by atoms with E-state index in [9.17, 15) is 4.79 Å². The molecule has 0 radical (unpaired) electrons. The van der Waals surface area contributed by atoms with E-state index in [0.717, 1.165) is 51.5 Å². The van der Waals surface area contributed by atoms with Gasteiger partial charge in [-0.1, -0.05) is 12.8 Å². The molecule has 2 N–H and O–H groups in total. The summed E-state index contributed by atoms with van der Waals surface area (Å²) in [5, 5.41) is 6.89. The number of carbonyl (C=O) groups is 1. The second-order valence-electron chi connectivity index (χ2n) is 7.12. The number of piperidine rings is 1. The lowest BCUT2D eigenvalue weighted by molar-refractivity contribution is 0.0963. The lowest BCUT2D eigenvalue weighted by atomic mass is 10.1. The molecule has 2 fully saturated rings. The number of carbonyl (C=O) groups excluding carboxylic acids is 1. The van der Waals surface area contributed by atoms with Crippen LogP contribution in [0.15, 0.2) is 4.99 Å². The van der Waals surface area contributed by atoms with Gasteiger partial charge in [-0.15, -0.1) is 24.0 Å². The van der Waals surface area contributed by atoms with Crippen molar-refractivity contribution >= 4 is 36.0 Å². The molecule has 0 spiro atoms. The van der Waals surface area contributed by atoms with E-state index in [-0.39, 0.29) is 30.1 Å². The highest BCUT2D eigenvalue weighted by Gasteiger charge is 2.24. The molecule has 0 saturated carbocycles. The standard InChI is InChI=1S/C19H37N5O2.HI/c1-3-20-18(21-11-16-23-12-7-5-6-8-13-23)22-17-9-14-24(15-10-17)19(25)26-4-2;/h17H,3-16H2,1-2H3,(H2,20,21,22);1H. The number of guanidine groups is 1. The molecule has 27 heavy (non-hydrogen) atoms. The van der Waals surface area contributed by atoms with Crippen molar-refractivity contribution in [2.45, 2.75) is 58.4 Å². The summed E-state index contributed by atoms with van der Waals surface area (Å²) in [4.78, 5) is 20.9. The van der Waals surface area contributed by atoms with Gasteiger partial charge in [0.15, 0.2) is 5.96 Å². The van der Waals surface area contributed by atoms with Gasteiger partial charge in [-0.3, -0.25) is 4.99 Å². The predicted molar refractivity (Wildman–Crippen MR) is 121 cm³/mol. The quantitative estimate of drug-likeness (QED) is 0.337. The molecule has 0 aromatic carbocycles. The molecule has 2 saturated heterocycles. The van der Waals surface area contributed by atoms with Crippen molar-refractivity contribution in [3.8, 4) is 0 Å². The number of aliphatic imine (C=N–C) groups is 1. The molecule has 0 aliphatic carbocycles. The smallest absolute Gasteiger partial charge is 0.409 e.